The van der Waals surface area contributed by atoms with Crippen LogP contribution in [0, 0.1) is 11.7 Å². The van der Waals surface area contributed by atoms with E-state index in [2.05, 4.69) is 36.8 Å². The summed E-state index contributed by atoms with van der Waals surface area (Å²) in [5.41, 5.74) is 0. The van der Waals surface area contributed by atoms with Crippen LogP contribution in [0.15, 0.2) is 16.7 Å². The Labute approximate surface area is 109 Å². The second-order valence-electron chi connectivity index (χ2n) is 3.69. The molecule has 2 heterocycles. The van der Waals surface area contributed by atoms with Crippen LogP contribution in [0.5, 0.6) is 0 Å². The van der Waals surface area contributed by atoms with Gasteiger partial charge in [0, 0.05) is 30.6 Å². The minimum Gasteiger partial charge on any atom is -0.296 e. The Morgan fingerprint density at radius 3 is 2.94 bits per heavy atom. The van der Waals surface area contributed by atoms with E-state index in [1.807, 2.05) is 0 Å². The molecule has 1 aliphatic heterocycles. The molecule has 1 saturated heterocycles. The van der Waals surface area contributed by atoms with E-state index >= 15 is 0 Å². The molecule has 0 saturated carbocycles. The van der Waals surface area contributed by atoms with Gasteiger partial charge < -0.3 is 0 Å². The number of carbonyl (C=O) groups is 1. The first kappa shape index (κ1) is 12.0. The van der Waals surface area contributed by atoms with E-state index in [0.29, 0.717) is 23.3 Å². The SMILES string of the molecule is O=C1CC(CBr)CN1c1cc(F)c(Br)cn1. The van der Waals surface area contributed by atoms with Crippen LogP contribution in [0.25, 0.3) is 0 Å². The lowest BCUT2D eigenvalue weighted by Gasteiger charge is -2.15. The van der Waals surface area contributed by atoms with Gasteiger partial charge in [0.15, 0.2) is 0 Å². The Bertz CT molecular complexity index is 427. The molecule has 0 radical (unpaired) electrons. The predicted molar refractivity (Wildman–Crippen MR) is 66.1 cm³/mol. The molecule has 1 amide bonds. The number of pyridine rings is 1. The predicted octanol–water partition coefficient (Wildman–Crippen LogP) is 2.73. The van der Waals surface area contributed by atoms with Gasteiger partial charge in [-0.25, -0.2) is 9.37 Å². The highest BCUT2D eigenvalue weighted by atomic mass is 79.9. The molecule has 1 aromatic heterocycles. The second kappa shape index (κ2) is 4.79. The number of hydrogen-bond donors (Lipinski definition) is 0. The minimum atomic E-state index is -0.403. The van der Waals surface area contributed by atoms with Crippen LogP contribution in [0.4, 0.5) is 10.2 Å². The van der Waals surface area contributed by atoms with Gasteiger partial charge >= 0.3 is 0 Å². The first-order valence-electron chi connectivity index (χ1n) is 4.79. The molecule has 6 heteroatoms. The third kappa shape index (κ3) is 2.27. The molecule has 16 heavy (non-hydrogen) atoms. The van der Waals surface area contributed by atoms with Crippen LogP contribution in [0.1, 0.15) is 6.42 Å². The number of halogens is 3. The number of hydrogen-bond acceptors (Lipinski definition) is 2. The molecule has 3 nitrogen and oxygen atoms in total. The van der Waals surface area contributed by atoms with E-state index in [1.165, 1.54) is 17.2 Å². The average molecular weight is 352 g/mol. The van der Waals surface area contributed by atoms with E-state index < -0.39 is 5.82 Å². The lowest BCUT2D eigenvalue weighted by Crippen LogP contribution is -2.25. The second-order valence-corrected chi connectivity index (χ2v) is 5.19. The van der Waals surface area contributed by atoms with Crippen LogP contribution >= 0.6 is 31.9 Å². The topological polar surface area (TPSA) is 33.2 Å². The van der Waals surface area contributed by atoms with Crippen LogP contribution < -0.4 is 4.90 Å². The average Bonchev–Trinajstić information content (AvgIpc) is 2.64. The van der Waals surface area contributed by atoms with Gasteiger partial charge in [0.1, 0.15) is 11.6 Å². The molecular formula is C10H9Br2FN2O. The molecule has 0 aliphatic carbocycles. The van der Waals surface area contributed by atoms with Gasteiger partial charge in [0.05, 0.1) is 4.47 Å². The highest BCUT2D eigenvalue weighted by molar-refractivity contribution is 9.10. The summed E-state index contributed by atoms with van der Waals surface area (Å²) in [7, 11) is 0. The van der Waals surface area contributed by atoms with Gasteiger partial charge in [0.25, 0.3) is 0 Å². The van der Waals surface area contributed by atoms with E-state index in [1.54, 1.807) is 0 Å². The number of alkyl halides is 1. The van der Waals surface area contributed by atoms with Gasteiger partial charge in [-0.3, -0.25) is 9.69 Å². The first-order valence-corrected chi connectivity index (χ1v) is 6.70. The van der Waals surface area contributed by atoms with Crippen molar-refractivity contribution in [1.29, 1.82) is 0 Å². The summed E-state index contributed by atoms with van der Waals surface area (Å²) in [5, 5.41) is 0.772. The van der Waals surface area contributed by atoms with Crippen molar-refractivity contribution in [3.63, 3.8) is 0 Å². The lowest BCUT2D eigenvalue weighted by atomic mass is 10.2. The molecular weight excluding hydrogens is 343 g/mol. The molecule has 0 bridgehead atoms. The van der Waals surface area contributed by atoms with E-state index in [4.69, 9.17) is 0 Å². The van der Waals surface area contributed by atoms with Crippen molar-refractivity contribution in [2.75, 3.05) is 16.8 Å². The fourth-order valence-electron chi connectivity index (χ4n) is 1.66. The Kier molecular flexibility index (Phi) is 3.59. The fourth-order valence-corrected chi connectivity index (χ4v) is 2.31. The zero-order valence-electron chi connectivity index (χ0n) is 8.29. The summed E-state index contributed by atoms with van der Waals surface area (Å²) >= 11 is 6.38. The number of amides is 1. The molecule has 1 aliphatic rings. The number of nitrogens with zero attached hydrogens (tertiary/aromatic N) is 2. The Hall–Kier alpha value is -0.490. The zero-order chi connectivity index (χ0) is 11.7. The summed E-state index contributed by atoms with van der Waals surface area (Å²) in [6.07, 6.45) is 1.87. The van der Waals surface area contributed by atoms with Gasteiger partial charge in [-0.1, -0.05) is 15.9 Å². The maximum atomic E-state index is 13.3. The Morgan fingerprint density at radius 1 is 1.62 bits per heavy atom. The van der Waals surface area contributed by atoms with Crippen LogP contribution in [-0.4, -0.2) is 22.8 Å². The monoisotopic (exact) mass is 350 g/mol. The molecule has 0 spiro atoms. The maximum absolute atomic E-state index is 13.3. The number of anilines is 1. The van der Waals surface area contributed by atoms with Crippen LogP contribution in [-0.2, 0) is 4.79 Å². The minimum absolute atomic E-state index is 0.00123. The lowest BCUT2D eigenvalue weighted by molar-refractivity contribution is -0.117. The molecule has 0 aromatic carbocycles. The highest BCUT2D eigenvalue weighted by Gasteiger charge is 2.30. The summed E-state index contributed by atoms with van der Waals surface area (Å²) in [6.45, 7) is 0.595. The molecule has 1 fully saturated rings. The van der Waals surface area contributed by atoms with Crippen molar-refractivity contribution in [1.82, 2.24) is 4.98 Å². The molecule has 1 unspecified atom stereocenters. The van der Waals surface area contributed by atoms with Crippen LogP contribution in [0.2, 0.25) is 0 Å². The van der Waals surface area contributed by atoms with Gasteiger partial charge in [-0.05, 0) is 21.8 Å². The quantitative estimate of drug-likeness (QED) is 0.767. The summed E-state index contributed by atoms with van der Waals surface area (Å²) < 4.78 is 13.6. The highest BCUT2D eigenvalue weighted by Crippen LogP contribution is 2.26. The van der Waals surface area contributed by atoms with E-state index in [-0.39, 0.29) is 11.8 Å². The molecule has 86 valence electrons. The van der Waals surface area contributed by atoms with Crippen molar-refractivity contribution in [2.24, 2.45) is 5.92 Å². The van der Waals surface area contributed by atoms with E-state index in [9.17, 15) is 9.18 Å². The largest absolute Gasteiger partial charge is 0.296 e. The molecule has 1 aromatic rings. The first-order chi connectivity index (χ1) is 7.61. The standard InChI is InChI=1S/C10H9Br2FN2O/c11-3-6-1-10(16)15(5-6)9-2-8(13)7(12)4-14-9/h2,4,6H,1,3,5H2. The normalized spacial score (nSPS) is 20.6. The van der Waals surface area contributed by atoms with Crippen molar-refractivity contribution in [3.05, 3.63) is 22.6 Å². The van der Waals surface area contributed by atoms with Crippen molar-refractivity contribution in [3.8, 4) is 0 Å². The molecule has 1 atom stereocenters. The fraction of sp³-hybridized carbons (Fsp3) is 0.400. The zero-order valence-corrected chi connectivity index (χ0v) is 11.5. The van der Waals surface area contributed by atoms with Crippen molar-refractivity contribution >= 4 is 43.6 Å². The smallest absolute Gasteiger partial charge is 0.228 e. The van der Waals surface area contributed by atoms with Crippen molar-refractivity contribution in [2.45, 2.75) is 6.42 Å². The third-order valence-corrected chi connectivity index (χ3v) is 3.99. The Balaban J connectivity index is 2.24. The van der Waals surface area contributed by atoms with Gasteiger partial charge in [-0.2, -0.15) is 0 Å². The van der Waals surface area contributed by atoms with E-state index in [0.717, 1.165) is 5.33 Å². The maximum Gasteiger partial charge on any atom is 0.228 e. The van der Waals surface area contributed by atoms with Gasteiger partial charge in [0.2, 0.25) is 5.91 Å². The van der Waals surface area contributed by atoms with Crippen molar-refractivity contribution < 1.29 is 9.18 Å². The molecule has 0 N–H and O–H groups in total. The number of carbonyl (C=O) groups excluding carboxylic acids is 1. The van der Waals surface area contributed by atoms with Gasteiger partial charge in [-0.15, -0.1) is 0 Å². The summed E-state index contributed by atoms with van der Waals surface area (Å²) in [6, 6.07) is 1.28. The third-order valence-electron chi connectivity index (χ3n) is 2.49. The summed E-state index contributed by atoms with van der Waals surface area (Å²) in [5.74, 6) is 0.258. The summed E-state index contributed by atoms with van der Waals surface area (Å²) in [4.78, 5) is 17.2. The Morgan fingerprint density at radius 2 is 2.38 bits per heavy atom. The molecule has 2 rings (SSSR count). The number of rotatable bonds is 2. The van der Waals surface area contributed by atoms with Crippen LogP contribution in [0.3, 0.4) is 0 Å². The number of aromatic nitrogens is 1.